The smallest absolute Gasteiger partial charge is 0.109 e. The Hall–Kier alpha value is -0.550. The van der Waals surface area contributed by atoms with Gasteiger partial charge in [-0.1, -0.05) is 6.42 Å². The molecule has 0 spiro atoms. The van der Waals surface area contributed by atoms with Crippen molar-refractivity contribution in [1.82, 2.24) is 4.90 Å². The van der Waals surface area contributed by atoms with Crippen LogP contribution in [0, 0.1) is 11.3 Å². The van der Waals surface area contributed by atoms with Gasteiger partial charge in [-0.2, -0.15) is 5.26 Å². The highest BCUT2D eigenvalue weighted by Gasteiger charge is 2.42. The molecule has 2 rings (SSSR count). The lowest BCUT2D eigenvalue weighted by molar-refractivity contribution is 0.0480. The Morgan fingerprint density at radius 1 is 1.00 bits per heavy atom. The topological polar surface area (TPSA) is 27.0 Å². The molecule has 1 aliphatic heterocycles. The summed E-state index contributed by atoms with van der Waals surface area (Å²) >= 11 is 0. The number of piperidine rings is 1. The van der Waals surface area contributed by atoms with Crippen LogP contribution < -0.4 is 0 Å². The van der Waals surface area contributed by atoms with Crippen molar-refractivity contribution in [1.29, 1.82) is 5.26 Å². The van der Waals surface area contributed by atoms with E-state index in [4.69, 9.17) is 5.26 Å². The van der Waals surface area contributed by atoms with Crippen LogP contribution in [0.25, 0.3) is 0 Å². The van der Waals surface area contributed by atoms with E-state index >= 15 is 0 Å². The van der Waals surface area contributed by atoms with Crippen LogP contribution in [0.2, 0.25) is 0 Å². The average Bonchev–Trinajstić information content (AvgIpc) is 2.05. The minimum Gasteiger partial charge on any atom is -0.286 e. The first kappa shape index (κ1) is 8.07. The molecule has 66 valence electrons. The van der Waals surface area contributed by atoms with Gasteiger partial charge in [-0.15, -0.1) is 0 Å². The Morgan fingerprint density at radius 3 is 2.08 bits per heavy atom. The van der Waals surface area contributed by atoms with E-state index in [1.54, 1.807) is 0 Å². The van der Waals surface area contributed by atoms with Crippen molar-refractivity contribution in [3.8, 4) is 6.07 Å². The van der Waals surface area contributed by atoms with Gasteiger partial charge < -0.3 is 0 Å². The first-order valence-electron chi connectivity index (χ1n) is 5.04. The van der Waals surface area contributed by atoms with Crippen molar-refractivity contribution in [3.63, 3.8) is 0 Å². The first-order chi connectivity index (χ1) is 5.87. The van der Waals surface area contributed by atoms with Crippen molar-refractivity contribution < 1.29 is 0 Å². The molecule has 2 heteroatoms. The Labute approximate surface area is 74.2 Å². The van der Waals surface area contributed by atoms with E-state index in [1.165, 1.54) is 25.7 Å². The van der Waals surface area contributed by atoms with Crippen molar-refractivity contribution in [2.24, 2.45) is 0 Å². The van der Waals surface area contributed by atoms with Gasteiger partial charge >= 0.3 is 0 Å². The fourth-order valence-electron chi connectivity index (χ4n) is 2.33. The second-order valence-corrected chi connectivity index (χ2v) is 4.04. The Balaban J connectivity index is 2.01. The second kappa shape index (κ2) is 3.06. The average molecular weight is 164 g/mol. The third-order valence-corrected chi connectivity index (χ3v) is 3.35. The summed E-state index contributed by atoms with van der Waals surface area (Å²) in [5.41, 5.74) is -0.0274. The lowest BCUT2D eigenvalue weighted by atomic mass is 9.76. The molecule has 12 heavy (non-hydrogen) atoms. The monoisotopic (exact) mass is 164 g/mol. The molecule has 2 fully saturated rings. The first-order valence-corrected chi connectivity index (χ1v) is 5.04. The van der Waals surface area contributed by atoms with Crippen LogP contribution >= 0.6 is 0 Å². The van der Waals surface area contributed by atoms with Crippen molar-refractivity contribution in [2.45, 2.75) is 44.1 Å². The maximum atomic E-state index is 9.10. The summed E-state index contributed by atoms with van der Waals surface area (Å²) in [7, 11) is 0. The van der Waals surface area contributed by atoms with Crippen LogP contribution in [0.4, 0.5) is 0 Å². The summed E-state index contributed by atoms with van der Waals surface area (Å²) in [4.78, 5) is 2.42. The quantitative estimate of drug-likeness (QED) is 0.592. The van der Waals surface area contributed by atoms with Gasteiger partial charge in [0, 0.05) is 0 Å². The lowest BCUT2D eigenvalue weighted by Crippen LogP contribution is -2.54. The molecule has 0 aromatic rings. The molecule has 0 N–H and O–H groups in total. The normalized spacial score (nSPS) is 28.9. The minimum atomic E-state index is -0.0274. The molecule has 1 saturated carbocycles. The molecule has 0 aromatic carbocycles. The van der Waals surface area contributed by atoms with Crippen LogP contribution in [0.5, 0.6) is 0 Å². The number of rotatable bonds is 1. The Kier molecular flexibility index (Phi) is 2.06. The zero-order valence-electron chi connectivity index (χ0n) is 7.55. The Morgan fingerprint density at radius 2 is 1.67 bits per heavy atom. The molecular weight excluding hydrogens is 148 g/mol. The van der Waals surface area contributed by atoms with Gasteiger partial charge in [0.25, 0.3) is 0 Å². The summed E-state index contributed by atoms with van der Waals surface area (Å²) in [5, 5.41) is 9.10. The van der Waals surface area contributed by atoms with Gasteiger partial charge in [0.2, 0.25) is 0 Å². The van der Waals surface area contributed by atoms with Crippen LogP contribution in [0.3, 0.4) is 0 Å². The molecule has 0 atom stereocenters. The van der Waals surface area contributed by atoms with E-state index in [0.717, 1.165) is 25.9 Å². The van der Waals surface area contributed by atoms with Gasteiger partial charge in [0.1, 0.15) is 5.54 Å². The van der Waals surface area contributed by atoms with Crippen LogP contribution in [-0.4, -0.2) is 23.5 Å². The van der Waals surface area contributed by atoms with Crippen LogP contribution in [0.1, 0.15) is 38.5 Å². The van der Waals surface area contributed by atoms with Gasteiger partial charge in [-0.25, -0.2) is 0 Å². The highest BCUT2D eigenvalue weighted by molar-refractivity contribution is 5.13. The molecule has 0 aromatic heterocycles. The standard InChI is InChI=1S/C10H16N2/c11-9-10(5-4-6-10)12-7-2-1-3-8-12/h1-8H2. The highest BCUT2D eigenvalue weighted by Crippen LogP contribution is 2.38. The van der Waals surface area contributed by atoms with Crippen LogP contribution in [-0.2, 0) is 0 Å². The zero-order chi connectivity index (χ0) is 8.44. The maximum Gasteiger partial charge on any atom is 0.109 e. The molecule has 0 amide bonds. The summed E-state index contributed by atoms with van der Waals surface area (Å²) in [6.07, 6.45) is 7.43. The largest absolute Gasteiger partial charge is 0.286 e. The predicted octanol–water partition coefficient (Wildman–Crippen LogP) is 1.92. The molecular formula is C10H16N2. The van der Waals surface area contributed by atoms with E-state index in [2.05, 4.69) is 11.0 Å². The molecule has 2 nitrogen and oxygen atoms in total. The molecule has 1 heterocycles. The lowest BCUT2D eigenvalue weighted by Gasteiger charge is -2.46. The van der Waals surface area contributed by atoms with Crippen molar-refractivity contribution in [2.75, 3.05) is 13.1 Å². The van der Waals surface area contributed by atoms with E-state index < -0.39 is 0 Å². The van der Waals surface area contributed by atoms with Crippen LogP contribution in [0.15, 0.2) is 0 Å². The molecule has 0 bridgehead atoms. The van der Waals surface area contributed by atoms with E-state index in [0.29, 0.717) is 0 Å². The second-order valence-electron chi connectivity index (χ2n) is 4.04. The molecule has 0 unspecified atom stereocenters. The third kappa shape index (κ3) is 1.13. The van der Waals surface area contributed by atoms with Gasteiger partial charge in [-0.05, 0) is 45.2 Å². The summed E-state index contributed by atoms with van der Waals surface area (Å²) < 4.78 is 0. The minimum absolute atomic E-state index is 0.0274. The van der Waals surface area contributed by atoms with Crippen molar-refractivity contribution >= 4 is 0 Å². The number of hydrogen-bond donors (Lipinski definition) is 0. The third-order valence-electron chi connectivity index (χ3n) is 3.35. The summed E-state index contributed by atoms with van der Waals surface area (Å²) in [6.45, 7) is 2.32. The fraction of sp³-hybridized carbons (Fsp3) is 0.900. The number of nitriles is 1. The maximum absolute atomic E-state index is 9.10. The van der Waals surface area contributed by atoms with E-state index in [9.17, 15) is 0 Å². The number of nitrogens with zero attached hydrogens (tertiary/aromatic N) is 2. The van der Waals surface area contributed by atoms with Gasteiger partial charge in [0.05, 0.1) is 6.07 Å². The molecule has 1 aliphatic carbocycles. The van der Waals surface area contributed by atoms with Crippen molar-refractivity contribution in [3.05, 3.63) is 0 Å². The number of likely N-dealkylation sites (tertiary alicyclic amines) is 1. The fourth-order valence-corrected chi connectivity index (χ4v) is 2.33. The van der Waals surface area contributed by atoms with E-state index in [-0.39, 0.29) is 5.54 Å². The predicted molar refractivity (Wildman–Crippen MR) is 47.6 cm³/mol. The highest BCUT2D eigenvalue weighted by atomic mass is 15.2. The molecule has 2 aliphatic rings. The molecule has 0 radical (unpaired) electrons. The van der Waals surface area contributed by atoms with E-state index in [1.807, 2.05) is 0 Å². The summed E-state index contributed by atoms with van der Waals surface area (Å²) in [6, 6.07) is 2.51. The SMILES string of the molecule is N#CC1(N2CCCCC2)CCC1. The van der Waals surface area contributed by atoms with Gasteiger partial charge in [0.15, 0.2) is 0 Å². The van der Waals surface area contributed by atoms with Gasteiger partial charge in [-0.3, -0.25) is 4.90 Å². The zero-order valence-corrected chi connectivity index (χ0v) is 7.55. The summed E-state index contributed by atoms with van der Waals surface area (Å²) in [5.74, 6) is 0. The Bertz CT molecular complexity index is 194. The molecule has 1 saturated heterocycles. The number of hydrogen-bond acceptors (Lipinski definition) is 2.